The molecule has 0 spiro atoms. The van der Waals surface area contributed by atoms with Crippen LogP contribution in [0, 0.1) is 6.92 Å². The first kappa shape index (κ1) is 9.21. The van der Waals surface area contributed by atoms with E-state index in [-0.39, 0.29) is 6.04 Å². The Morgan fingerprint density at radius 1 is 1.43 bits per heavy atom. The van der Waals surface area contributed by atoms with E-state index in [2.05, 4.69) is 15.6 Å². The molecular weight excluding hydrogens is 174 g/mol. The molecule has 0 amide bonds. The molecule has 0 saturated heterocycles. The number of nitrogens with zero attached hydrogens (tertiary/aromatic N) is 2. The van der Waals surface area contributed by atoms with Crippen LogP contribution in [0.4, 0.5) is 0 Å². The normalized spacial score (nSPS) is 13.4. The molecule has 74 valence electrons. The molecule has 0 aliphatic carbocycles. The van der Waals surface area contributed by atoms with Crippen LogP contribution in [0.25, 0.3) is 11.0 Å². The summed E-state index contributed by atoms with van der Waals surface area (Å²) in [6.45, 7) is 4.85. The Morgan fingerprint density at radius 3 is 2.86 bits per heavy atom. The van der Waals surface area contributed by atoms with Crippen LogP contribution in [0.1, 0.15) is 12.7 Å². The van der Waals surface area contributed by atoms with E-state index in [4.69, 9.17) is 5.73 Å². The van der Waals surface area contributed by atoms with Gasteiger partial charge in [0.1, 0.15) is 5.82 Å². The smallest absolute Gasteiger partial charge is 0.106 e. The Morgan fingerprint density at radius 2 is 2.14 bits per heavy atom. The van der Waals surface area contributed by atoms with Crippen LogP contribution < -0.4 is 5.73 Å². The van der Waals surface area contributed by atoms with E-state index in [0.717, 1.165) is 17.9 Å². The molecule has 0 unspecified atom stereocenters. The Hall–Kier alpha value is -1.35. The van der Waals surface area contributed by atoms with Crippen molar-refractivity contribution in [3.05, 3.63) is 30.1 Å². The molecule has 0 aliphatic heterocycles. The van der Waals surface area contributed by atoms with Gasteiger partial charge in [-0.1, -0.05) is 12.1 Å². The number of para-hydroxylation sites is 2. The van der Waals surface area contributed by atoms with E-state index in [1.165, 1.54) is 5.52 Å². The minimum atomic E-state index is 0.159. The molecular formula is C11H15N3. The molecule has 0 radical (unpaired) electrons. The minimum absolute atomic E-state index is 0.159. The first-order valence-electron chi connectivity index (χ1n) is 4.86. The molecule has 3 heteroatoms. The van der Waals surface area contributed by atoms with E-state index in [0.29, 0.717) is 0 Å². The molecule has 0 fully saturated rings. The minimum Gasteiger partial charge on any atom is -0.327 e. The van der Waals surface area contributed by atoms with Crippen molar-refractivity contribution in [3.8, 4) is 0 Å². The summed E-state index contributed by atoms with van der Waals surface area (Å²) in [6.07, 6.45) is 0. The van der Waals surface area contributed by atoms with Crippen LogP contribution in [0.5, 0.6) is 0 Å². The SMILES string of the molecule is Cc1nc2ccccc2n1C[C@@H](C)N. The summed E-state index contributed by atoms with van der Waals surface area (Å²) in [4.78, 5) is 4.47. The third-order valence-corrected chi connectivity index (χ3v) is 2.32. The molecule has 0 bridgehead atoms. The summed E-state index contributed by atoms with van der Waals surface area (Å²) in [5.74, 6) is 1.03. The van der Waals surface area contributed by atoms with Crippen molar-refractivity contribution < 1.29 is 0 Å². The fraction of sp³-hybridized carbons (Fsp3) is 0.364. The van der Waals surface area contributed by atoms with Crippen LogP contribution in [0.2, 0.25) is 0 Å². The van der Waals surface area contributed by atoms with E-state index in [1.807, 2.05) is 32.0 Å². The zero-order valence-corrected chi connectivity index (χ0v) is 8.57. The predicted molar refractivity (Wildman–Crippen MR) is 58.1 cm³/mol. The lowest BCUT2D eigenvalue weighted by atomic mass is 10.3. The van der Waals surface area contributed by atoms with Gasteiger partial charge in [-0.2, -0.15) is 0 Å². The number of fused-ring (bicyclic) bond motifs is 1. The lowest BCUT2D eigenvalue weighted by Crippen LogP contribution is -2.22. The Kier molecular flexibility index (Phi) is 2.25. The maximum Gasteiger partial charge on any atom is 0.106 e. The highest BCUT2D eigenvalue weighted by atomic mass is 15.1. The van der Waals surface area contributed by atoms with Gasteiger partial charge in [0.2, 0.25) is 0 Å². The number of hydrogen-bond acceptors (Lipinski definition) is 2. The van der Waals surface area contributed by atoms with Crippen LogP contribution in [0.3, 0.4) is 0 Å². The van der Waals surface area contributed by atoms with Gasteiger partial charge >= 0.3 is 0 Å². The molecule has 2 N–H and O–H groups in total. The Bertz CT molecular complexity index is 443. The largest absolute Gasteiger partial charge is 0.327 e. The van der Waals surface area contributed by atoms with Crippen LogP contribution in [-0.4, -0.2) is 15.6 Å². The number of benzene rings is 1. The summed E-state index contributed by atoms with van der Waals surface area (Å²) >= 11 is 0. The third kappa shape index (κ3) is 1.51. The summed E-state index contributed by atoms with van der Waals surface area (Å²) in [7, 11) is 0. The van der Waals surface area contributed by atoms with E-state index in [9.17, 15) is 0 Å². The standard InChI is InChI=1S/C11H15N3/c1-8(12)7-14-9(2)13-10-5-3-4-6-11(10)14/h3-6,8H,7,12H2,1-2H3/t8-/m1/s1. The molecule has 1 atom stereocenters. The third-order valence-electron chi connectivity index (χ3n) is 2.32. The molecule has 2 aromatic rings. The van der Waals surface area contributed by atoms with Crippen LogP contribution in [-0.2, 0) is 6.54 Å². The second-order valence-electron chi connectivity index (χ2n) is 3.74. The van der Waals surface area contributed by atoms with Crippen molar-refractivity contribution in [2.45, 2.75) is 26.4 Å². The first-order valence-corrected chi connectivity index (χ1v) is 4.86. The second kappa shape index (κ2) is 3.42. The van der Waals surface area contributed by atoms with Crippen molar-refractivity contribution in [1.82, 2.24) is 9.55 Å². The summed E-state index contributed by atoms with van der Waals surface area (Å²) in [6, 6.07) is 8.30. The number of nitrogens with two attached hydrogens (primary N) is 1. The number of aromatic nitrogens is 2. The van der Waals surface area contributed by atoms with E-state index in [1.54, 1.807) is 0 Å². The molecule has 0 saturated carbocycles. The summed E-state index contributed by atoms with van der Waals surface area (Å²) in [5.41, 5.74) is 8.01. The Balaban J connectivity index is 2.56. The molecule has 14 heavy (non-hydrogen) atoms. The average Bonchev–Trinajstić information content (AvgIpc) is 2.43. The molecule has 1 heterocycles. The van der Waals surface area contributed by atoms with Gasteiger partial charge in [-0.05, 0) is 26.0 Å². The zero-order valence-electron chi connectivity index (χ0n) is 8.57. The van der Waals surface area contributed by atoms with Crippen molar-refractivity contribution in [2.75, 3.05) is 0 Å². The number of aryl methyl sites for hydroxylation is 1. The quantitative estimate of drug-likeness (QED) is 0.781. The number of rotatable bonds is 2. The monoisotopic (exact) mass is 189 g/mol. The highest BCUT2D eigenvalue weighted by Gasteiger charge is 2.07. The summed E-state index contributed by atoms with van der Waals surface area (Å²) < 4.78 is 2.17. The lowest BCUT2D eigenvalue weighted by molar-refractivity contribution is 0.589. The lowest BCUT2D eigenvalue weighted by Gasteiger charge is -2.09. The van der Waals surface area contributed by atoms with Crippen LogP contribution >= 0.6 is 0 Å². The fourth-order valence-corrected chi connectivity index (χ4v) is 1.71. The molecule has 1 aromatic heterocycles. The van der Waals surface area contributed by atoms with Gasteiger partial charge in [-0.3, -0.25) is 0 Å². The van der Waals surface area contributed by atoms with Crippen molar-refractivity contribution in [1.29, 1.82) is 0 Å². The summed E-state index contributed by atoms with van der Waals surface area (Å²) in [5, 5.41) is 0. The van der Waals surface area contributed by atoms with Crippen molar-refractivity contribution >= 4 is 11.0 Å². The maximum atomic E-state index is 5.79. The fourth-order valence-electron chi connectivity index (χ4n) is 1.71. The average molecular weight is 189 g/mol. The van der Waals surface area contributed by atoms with Gasteiger partial charge in [0, 0.05) is 12.6 Å². The maximum absolute atomic E-state index is 5.79. The van der Waals surface area contributed by atoms with Crippen LogP contribution in [0.15, 0.2) is 24.3 Å². The van der Waals surface area contributed by atoms with Gasteiger partial charge in [0.25, 0.3) is 0 Å². The van der Waals surface area contributed by atoms with E-state index >= 15 is 0 Å². The highest BCUT2D eigenvalue weighted by molar-refractivity contribution is 5.75. The van der Waals surface area contributed by atoms with Crippen molar-refractivity contribution in [3.63, 3.8) is 0 Å². The Labute approximate surface area is 83.6 Å². The number of hydrogen-bond donors (Lipinski definition) is 1. The molecule has 1 aromatic carbocycles. The zero-order chi connectivity index (χ0) is 10.1. The topological polar surface area (TPSA) is 43.8 Å². The van der Waals surface area contributed by atoms with Gasteiger partial charge in [0.05, 0.1) is 11.0 Å². The molecule has 3 nitrogen and oxygen atoms in total. The first-order chi connectivity index (χ1) is 6.68. The van der Waals surface area contributed by atoms with E-state index < -0.39 is 0 Å². The van der Waals surface area contributed by atoms with Gasteiger partial charge < -0.3 is 10.3 Å². The molecule has 0 aliphatic rings. The second-order valence-corrected chi connectivity index (χ2v) is 3.74. The van der Waals surface area contributed by atoms with Crippen molar-refractivity contribution in [2.24, 2.45) is 5.73 Å². The van der Waals surface area contributed by atoms with Gasteiger partial charge in [-0.25, -0.2) is 4.98 Å². The van der Waals surface area contributed by atoms with Gasteiger partial charge in [0.15, 0.2) is 0 Å². The predicted octanol–water partition coefficient (Wildman–Crippen LogP) is 1.69. The number of imidazole rings is 1. The molecule has 2 rings (SSSR count). The highest BCUT2D eigenvalue weighted by Crippen LogP contribution is 2.15. The van der Waals surface area contributed by atoms with Gasteiger partial charge in [-0.15, -0.1) is 0 Å².